The van der Waals surface area contributed by atoms with Gasteiger partial charge in [-0.3, -0.25) is 0 Å². The zero-order valence-corrected chi connectivity index (χ0v) is 13.6. The molecule has 0 spiro atoms. The summed E-state index contributed by atoms with van der Waals surface area (Å²) in [5.74, 6) is -0.533. The van der Waals surface area contributed by atoms with E-state index in [2.05, 4.69) is 0 Å². The molecule has 1 N–H and O–H groups in total. The predicted molar refractivity (Wildman–Crippen MR) is 89.2 cm³/mol. The van der Waals surface area contributed by atoms with Crippen LogP contribution in [0.4, 0.5) is 0 Å². The third-order valence-corrected chi connectivity index (χ3v) is 3.50. The molecule has 2 aromatic carbocycles. The number of rotatable bonds is 8. The first-order chi connectivity index (χ1) is 11.0. The first-order valence-corrected chi connectivity index (χ1v) is 7.71. The molecule has 0 saturated carbocycles. The second-order valence-corrected chi connectivity index (χ2v) is 5.65. The molecular weight excluding hydrogens is 316 g/mol. The molecule has 0 saturated heterocycles. The van der Waals surface area contributed by atoms with Crippen LogP contribution in [0.5, 0.6) is 5.75 Å². The number of hydrogen-bond donors (Lipinski definition) is 1. The lowest BCUT2D eigenvalue weighted by atomic mass is 10.2. The number of hydrogen-bond acceptors (Lipinski definition) is 3. The van der Waals surface area contributed by atoms with Crippen molar-refractivity contribution in [2.45, 2.75) is 19.4 Å². The third-order valence-electron chi connectivity index (χ3n) is 3.27. The molecule has 0 radical (unpaired) electrons. The largest absolute Gasteiger partial charge is 0.478 e. The molecule has 0 heterocycles. The molecule has 0 fully saturated rings. The second-order valence-electron chi connectivity index (χ2n) is 5.21. The lowest BCUT2D eigenvalue weighted by molar-refractivity contribution is -0.147. The summed E-state index contributed by atoms with van der Waals surface area (Å²) in [5.41, 5.74) is 2.13. The molecule has 4 nitrogen and oxygen atoms in total. The molecule has 0 aliphatic heterocycles. The Hall–Kier alpha value is -2.04. The highest BCUT2D eigenvalue weighted by atomic mass is 35.5. The molecular formula is C18H19ClO4. The van der Waals surface area contributed by atoms with Crippen molar-refractivity contribution in [2.24, 2.45) is 0 Å². The Morgan fingerprint density at radius 1 is 1.22 bits per heavy atom. The molecule has 122 valence electrons. The van der Waals surface area contributed by atoms with E-state index in [1.54, 1.807) is 12.1 Å². The summed E-state index contributed by atoms with van der Waals surface area (Å²) in [4.78, 5) is 11.3. The van der Waals surface area contributed by atoms with Crippen LogP contribution in [0.15, 0.2) is 48.5 Å². The lowest BCUT2D eigenvalue weighted by Crippen LogP contribution is -2.32. The molecule has 0 aliphatic rings. The van der Waals surface area contributed by atoms with E-state index in [4.69, 9.17) is 21.1 Å². The lowest BCUT2D eigenvalue weighted by Gasteiger charge is -2.15. The minimum Gasteiger partial charge on any atom is -0.478 e. The van der Waals surface area contributed by atoms with E-state index in [9.17, 15) is 9.90 Å². The maximum atomic E-state index is 11.3. The van der Waals surface area contributed by atoms with Gasteiger partial charge in [-0.25, -0.2) is 4.79 Å². The van der Waals surface area contributed by atoms with Crippen molar-refractivity contribution in [3.63, 3.8) is 0 Å². The average Bonchev–Trinajstić information content (AvgIpc) is 2.52. The van der Waals surface area contributed by atoms with Gasteiger partial charge in [0.05, 0.1) is 13.2 Å². The molecule has 1 unspecified atom stereocenters. The highest BCUT2D eigenvalue weighted by molar-refractivity contribution is 6.30. The highest BCUT2D eigenvalue weighted by Gasteiger charge is 2.19. The summed E-state index contributed by atoms with van der Waals surface area (Å²) in [6.07, 6.45) is -0.366. The van der Waals surface area contributed by atoms with Crippen LogP contribution in [0.1, 0.15) is 11.1 Å². The van der Waals surface area contributed by atoms with Crippen LogP contribution in [0.3, 0.4) is 0 Å². The maximum absolute atomic E-state index is 11.3. The van der Waals surface area contributed by atoms with Crippen LogP contribution < -0.4 is 4.74 Å². The topological polar surface area (TPSA) is 55.8 Å². The van der Waals surface area contributed by atoms with Gasteiger partial charge in [0.15, 0.2) is 0 Å². The van der Waals surface area contributed by atoms with Crippen LogP contribution in [0.25, 0.3) is 0 Å². The summed E-state index contributed by atoms with van der Waals surface area (Å²) in [5, 5.41) is 9.89. The predicted octanol–water partition coefficient (Wildman–Crippen LogP) is 3.74. The number of aryl methyl sites for hydroxylation is 1. The Morgan fingerprint density at radius 3 is 2.61 bits per heavy atom. The average molecular weight is 335 g/mol. The SMILES string of the molecule is Cc1ccc(OC(COCCc2cccc(Cl)c2)C(=O)O)cc1. The van der Waals surface area contributed by atoms with Gasteiger partial charge in [0.2, 0.25) is 6.10 Å². The molecule has 0 bridgehead atoms. The van der Waals surface area contributed by atoms with Crippen LogP contribution in [0.2, 0.25) is 5.02 Å². The van der Waals surface area contributed by atoms with Crippen molar-refractivity contribution >= 4 is 17.6 Å². The number of halogens is 1. The molecule has 5 heteroatoms. The van der Waals surface area contributed by atoms with Gasteiger partial charge in [-0.15, -0.1) is 0 Å². The van der Waals surface area contributed by atoms with Gasteiger partial charge < -0.3 is 14.6 Å². The van der Waals surface area contributed by atoms with Crippen LogP contribution in [-0.2, 0) is 16.0 Å². The molecule has 0 aliphatic carbocycles. The van der Waals surface area contributed by atoms with Crippen LogP contribution in [0, 0.1) is 6.92 Å². The molecule has 1 atom stereocenters. The van der Waals surface area contributed by atoms with Gasteiger partial charge in [-0.1, -0.05) is 41.4 Å². The number of carboxylic acids is 1. The Kier molecular flexibility index (Phi) is 6.44. The van der Waals surface area contributed by atoms with E-state index in [1.807, 2.05) is 43.3 Å². The standard InChI is InChI=1S/C18H19ClO4/c1-13-5-7-16(8-6-13)23-17(18(20)21)12-22-10-9-14-3-2-4-15(19)11-14/h2-8,11,17H,9-10,12H2,1H3,(H,20,21). The monoisotopic (exact) mass is 334 g/mol. The fourth-order valence-corrected chi connectivity index (χ4v) is 2.22. The smallest absolute Gasteiger partial charge is 0.347 e. The Balaban J connectivity index is 1.80. The molecule has 0 amide bonds. The van der Waals surface area contributed by atoms with E-state index < -0.39 is 12.1 Å². The summed E-state index contributed by atoms with van der Waals surface area (Å²) < 4.78 is 10.9. The fourth-order valence-electron chi connectivity index (χ4n) is 2.01. The van der Waals surface area contributed by atoms with Crippen molar-refractivity contribution in [1.82, 2.24) is 0 Å². The Labute approximate surface area is 140 Å². The summed E-state index contributed by atoms with van der Waals surface area (Å²) in [6, 6.07) is 14.7. The maximum Gasteiger partial charge on any atom is 0.347 e. The highest BCUT2D eigenvalue weighted by Crippen LogP contribution is 2.14. The van der Waals surface area contributed by atoms with Crippen molar-refractivity contribution in [3.05, 3.63) is 64.7 Å². The van der Waals surface area contributed by atoms with Gasteiger partial charge >= 0.3 is 5.97 Å². The van der Waals surface area contributed by atoms with Gasteiger partial charge in [0.25, 0.3) is 0 Å². The Bertz CT molecular complexity index is 640. The normalized spacial score (nSPS) is 11.9. The first kappa shape index (κ1) is 17.3. The second kappa shape index (κ2) is 8.56. The summed E-state index contributed by atoms with van der Waals surface area (Å²) >= 11 is 5.91. The van der Waals surface area contributed by atoms with E-state index in [0.29, 0.717) is 23.8 Å². The minimum atomic E-state index is -1.05. The molecule has 2 rings (SSSR count). The summed E-state index contributed by atoms with van der Waals surface area (Å²) in [7, 11) is 0. The Morgan fingerprint density at radius 2 is 1.96 bits per heavy atom. The van der Waals surface area contributed by atoms with Crippen LogP contribution in [-0.4, -0.2) is 30.4 Å². The van der Waals surface area contributed by atoms with Crippen molar-refractivity contribution in [3.8, 4) is 5.75 Å². The van der Waals surface area contributed by atoms with Gasteiger partial charge in [-0.05, 0) is 43.2 Å². The zero-order chi connectivity index (χ0) is 16.7. The van der Waals surface area contributed by atoms with E-state index >= 15 is 0 Å². The van der Waals surface area contributed by atoms with Crippen LogP contribution >= 0.6 is 11.6 Å². The van der Waals surface area contributed by atoms with E-state index in [-0.39, 0.29) is 6.61 Å². The molecule has 2 aromatic rings. The summed E-state index contributed by atoms with van der Waals surface area (Å²) in [6.45, 7) is 2.35. The number of carbonyl (C=O) groups is 1. The van der Waals surface area contributed by atoms with Gasteiger partial charge in [0, 0.05) is 5.02 Å². The molecule has 23 heavy (non-hydrogen) atoms. The van der Waals surface area contributed by atoms with E-state index in [0.717, 1.165) is 11.1 Å². The fraction of sp³-hybridized carbons (Fsp3) is 0.278. The molecule has 0 aromatic heterocycles. The number of benzene rings is 2. The van der Waals surface area contributed by atoms with Crippen molar-refractivity contribution in [1.29, 1.82) is 0 Å². The quantitative estimate of drug-likeness (QED) is 0.747. The zero-order valence-electron chi connectivity index (χ0n) is 12.9. The van der Waals surface area contributed by atoms with E-state index in [1.165, 1.54) is 0 Å². The van der Waals surface area contributed by atoms with Crippen molar-refractivity contribution in [2.75, 3.05) is 13.2 Å². The minimum absolute atomic E-state index is 0.0101. The number of carboxylic acid groups (broad SMARTS) is 1. The number of aliphatic carboxylic acids is 1. The van der Waals surface area contributed by atoms with Gasteiger partial charge in [-0.2, -0.15) is 0 Å². The first-order valence-electron chi connectivity index (χ1n) is 7.33. The van der Waals surface area contributed by atoms with Crippen molar-refractivity contribution < 1.29 is 19.4 Å². The third kappa shape index (κ3) is 5.93. The van der Waals surface area contributed by atoms with Gasteiger partial charge in [0.1, 0.15) is 5.75 Å². The number of ether oxygens (including phenoxy) is 2.